The first kappa shape index (κ1) is 13.7. The molecule has 1 N–H and O–H groups in total. The van der Waals surface area contributed by atoms with E-state index in [1.54, 1.807) is 0 Å². The highest BCUT2D eigenvalue weighted by molar-refractivity contribution is 7.99. The van der Waals surface area contributed by atoms with Gasteiger partial charge >= 0.3 is 0 Å². The van der Waals surface area contributed by atoms with Crippen LogP contribution in [0.1, 0.15) is 46.0 Å². The van der Waals surface area contributed by atoms with E-state index >= 15 is 0 Å². The van der Waals surface area contributed by atoms with Gasteiger partial charge in [0.15, 0.2) is 0 Å². The highest BCUT2D eigenvalue weighted by atomic mass is 32.2. The molecule has 2 fully saturated rings. The van der Waals surface area contributed by atoms with Gasteiger partial charge in [0.25, 0.3) is 0 Å². The zero-order valence-corrected chi connectivity index (χ0v) is 12.4. The Morgan fingerprint density at radius 1 is 1.29 bits per heavy atom. The van der Waals surface area contributed by atoms with Crippen LogP contribution in [0.2, 0.25) is 0 Å². The summed E-state index contributed by atoms with van der Waals surface area (Å²) in [5, 5.41) is 3.49. The Bertz CT molecular complexity index is 220. The first-order valence-corrected chi connectivity index (χ1v) is 8.44. The van der Waals surface area contributed by atoms with Crippen molar-refractivity contribution in [2.75, 3.05) is 18.6 Å². The van der Waals surface area contributed by atoms with Crippen molar-refractivity contribution >= 4 is 11.8 Å². The van der Waals surface area contributed by atoms with Crippen LogP contribution in [0.3, 0.4) is 0 Å². The molecule has 2 heterocycles. The summed E-state index contributed by atoms with van der Waals surface area (Å²) >= 11 is 2.09. The third-order valence-corrected chi connectivity index (χ3v) is 5.52. The molecule has 0 aliphatic carbocycles. The number of thioether (sulfide) groups is 1. The molecule has 0 amide bonds. The number of piperidine rings is 1. The van der Waals surface area contributed by atoms with Crippen LogP contribution in [0.4, 0.5) is 0 Å². The molecule has 2 nitrogen and oxygen atoms in total. The molecule has 2 aliphatic rings. The number of hydrogen-bond donors (Lipinski definition) is 1. The lowest BCUT2D eigenvalue weighted by molar-refractivity contribution is 0.0778. The fourth-order valence-electron chi connectivity index (χ4n) is 3.72. The number of nitrogens with zero attached hydrogens (tertiary/aromatic N) is 1. The van der Waals surface area contributed by atoms with Crippen LogP contribution in [0.5, 0.6) is 0 Å². The second-order valence-electron chi connectivity index (χ2n) is 5.62. The van der Waals surface area contributed by atoms with Crippen LogP contribution in [0.25, 0.3) is 0 Å². The lowest BCUT2D eigenvalue weighted by Crippen LogP contribution is -2.51. The normalized spacial score (nSPS) is 35.1. The first-order chi connectivity index (χ1) is 8.26. The number of nitrogens with one attached hydrogen (secondary N) is 1. The van der Waals surface area contributed by atoms with E-state index in [9.17, 15) is 0 Å². The predicted molar refractivity (Wildman–Crippen MR) is 77.8 cm³/mol. The number of rotatable bonds is 6. The molecule has 0 aromatic rings. The van der Waals surface area contributed by atoms with Gasteiger partial charge in [-0.05, 0) is 57.6 Å². The molecular weight excluding hydrogens is 228 g/mol. The molecule has 2 aliphatic heterocycles. The maximum atomic E-state index is 3.49. The molecule has 3 atom stereocenters. The van der Waals surface area contributed by atoms with Crippen molar-refractivity contribution in [2.24, 2.45) is 0 Å². The van der Waals surface area contributed by atoms with Gasteiger partial charge in [-0.25, -0.2) is 0 Å². The topological polar surface area (TPSA) is 15.3 Å². The molecular formula is C14H28N2S. The van der Waals surface area contributed by atoms with Crippen LogP contribution < -0.4 is 5.32 Å². The summed E-state index contributed by atoms with van der Waals surface area (Å²) in [5.41, 5.74) is 0. The van der Waals surface area contributed by atoms with Crippen molar-refractivity contribution in [3.05, 3.63) is 0 Å². The van der Waals surface area contributed by atoms with Gasteiger partial charge in [0.1, 0.15) is 0 Å². The van der Waals surface area contributed by atoms with Gasteiger partial charge < -0.3 is 5.32 Å². The summed E-state index contributed by atoms with van der Waals surface area (Å²) in [7, 11) is 2.13. The van der Waals surface area contributed by atoms with Gasteiger partial charge in [0, 0.05) is 24.2 Å². The van der Waals surface area contributed by atoms with Crippen LogP contribution in [0, 0.1) is 0 Å². The zero-order valence-electron chi connectivity index (χ0n) is 11.6. The molecule has 2 saturated heterocycles. The average molecular weight is 256 g/mol. The van der Waals surface area contributed by atoms with Gasteiger partial charge in [0.2, 0.25) is 0 Å². The van der Waals surface area contributed by atoms with E-state index in [1.165, 1.54) is 43.6 Å². The van der Waals surface area contributed by atoms with E-state index in [0.29, 0.717) is 0 Å². The molecule has 0 aromatic heterocycles. The van der Waals surface area contributed by atoms with E-state index in [2.05, 4.69) is 42.9 Å². The zero-order chi connectivity index (χ0) is 12.3. The Kier molecular flexibility index (Phi) is 5.19. The van der Waals surface area contributed by atoms with Crippen LogP contribution in [-0.4, -0.2) is 47.6 Å². The highest BCUT2D eigenvalue weighted by Gasteiger charge is 2.41. The Labute approximate surface area is 111 Å². The number of hydrogen-bond acceptors (Lipinski definition) is 3. The molecule has 2 rings (SSSR count). The minimum absolute atomic E-state index is 0.779. The summed E-state index contributed by atoms with van der Waals surface area (Å²) in [4.78, 5) is 2.85. The molecule has 0 saturated carbocycles. The Balaban J connectivity index is 1.85. The summed E-state index contributed by atoms with van der Waals surface area (Å²) in [5.74, 6) is 2.60. The van der Waals surface area contributed by atoms with E-state index in [0.717, 1.165) is 24.2 Å². The molecule has 3 unspecified atom stereocenters. The standard InChI is InChI=1S/C14H28N2S/c1-4-17-8-7-11(2)16-13-5-6-14(16)10-12(9-13)15-3/h11-15H,4-10H2,1-3H3. The largest absolute Gasteiger partial charge is 0.317 e. The van der Waals surface area contributed by atoms with E-state index < -0.39 is 0 Å². The molecule has 3 heteroatoms. The quantitative estimate of drug-likeness (QED) is 0.736. The summed E-state index contributed by atoms with van der Waals surface area (Å²) < 4.78 is 0. The second kappa shape index (κ2) is 6.44. The van der Waals surface area contributed by atoms with Crippen molar-refractivity contribution in [1.82, 2.24) is 10.2 Å². The molecule has 17 heavy (non-hydrogen) atoms. The van der Waals surface area contributed by atoms with Crippen LogP contribution >= 0.6 is 11.8 Å². The third kappa shape index (κ3) is 3.18. The third-order valence-electron chi connectivity index (χ3n) is 4.59. The molecule has 100 valence electrons. The van der Waals surface area contributed by atoms with Gasteiger partial charge in [-0.3, -0.25) is 4.90 Å². The van der Waals surface area contributed by atoms with Crippen LogP contribution in [0.15, 0.2) is 0 Å². The Morgan fingerprint density at radius 2 is 1.94 bits per heavy atom. The van der Waals surface area contributed by atoms with Crippen molar-refractivity contribution in [1.29, 1.82) is 0 Å². The average Bonchev–Trinajstić information content (AvgIpc) is 2.60. The van der Waals surface area contributed by atoms with Gasteiger partial charge in [-0.15, -0.1) is 0 Å². The SMILES string of the molecule is CCSCCC(C)N1C2CCC1CC(NC)C2. The maximum Gasteiger partial charge on any atom is 0.0116 e. The second-order valence-corrected chi connectivity index (χ2v) is 7.02. The van der Waals surface area contributed by atoms with E-state index in [4.69, 9.17) is 0 Å². The van der Waals surface area contributed by atoms with E-state index in [-0.39, 0.29) is 0 Å². The highest BCUT2D eigenvalue weighted by Crippen LogP contribution is 2.37. The van der Waals surface area contributed by atoms with Gasteiger partial charge in [0.05, 0.1) is 0 Å². The van der Waals surface area contributed by atoms with E-state index in [1.807, 2.05) is 0 Å². The Hall–Kier alpha value is 0.270. The summed E-state index contributed by atoms with van der Waals surface area (Å²) in [6, 6.07) is 3.31. The monoisotopic (exact) mass is 256 g/mol. The molecule has 0 spiro atoms. The maximum absolute atomic E-state index is 3.49. The van der Waals surface area contributed by atoms with Crippen molar-refractivity contribution < 1.29 is 0 Å². The summed E-state index contributed by atoms with van der Waals surface area (Å²) in [6.07, 6.45) is 6.99. The van der Waals surface area contributed by atoms with Crippen LogP contribution in [-0.2, 0) is 0 Å². The predicted octanol–water partition coefficient (Wildman–Crippen LogP) is 2.73. The molecule has 0 aromatic carbocycles. The summed E-state index contributed by atoms with van der Waals surface area (Å²) in [6.45, 7) is 4.71. The van der Waals surface area contributed by atoms with Crippen molar-refractivity contribution in [3.8, 4) is 0 Å². The minimum Gasteiger partial charge on any atom is -0.317 e. The fraction of sp³-hybridized carbons (Fsp3) is 1.00. The minimum atomic E-state index is 0.779. The Morgan fingerprint density at radius 3 is 2.47 bits per heavy atom. The first-order valence-electron chi connectivity index (χ1n) is 7.28. The molecule has 2 bridgehead atoms. The number of fused-ring (bicyclic) bond motifs is 2. The smallest absolute Gasteiger partial charge is 0.0116 e. The van der Waals surface area contributed by atoms with Gasteiger partial charge in [-0.1, -0.05) is 6.92 Å². The van der Waals surface area contributed by atoms with Crippen molar-refractivity contribution in [3.63, 3.8) is 0 Å². The molecule has 0 radical (unpaired) electrons. The van der Waals surface area contributed by atoms with Crippen molar-refractivity contribution in [2.45, 2.75) is 70.1 Å². The fourth-order valence-corrected chi connectivity index (χ4v) is 4.51. The van der Waals surface area contributed by atoms with Gasteiger partial charge in [-0.2, -0.15) is 11.8 Å². The lowest BCUT2D eigenvalue weighted by Gasteiger charge is -2.42. The lowest BCUT2D eigenvalue weighted by atomic mass is 9.95.